The Morgan fingerprint density at radius 2 is 2.14 bits per heavy atom. The van der Waals surface area contributed by atoms with E-state index in [0.29, 0.717) is 6.42 Å². The van der Waals surface area contributed by atoms with Crippen molar-refractivity contribution in [3.63, 3.8) is 0 Å². The maximum absolute atomic E-state index is 13.2. The van der Waals surface area contributed by atoms with Crippen LogP contribution in [-0.2, 0) is 6.42 Å². The van der Waals surface area contributed by atoms with Crippen molar-refractivity contribution < 1.29 is 4.39 Å². The summed E-state index contributed by atoms with van der Waals surface area (Å²) in [6, 6.07) is 5.01. The molecule has 78 valence electrons. The van der Waals surface area contributed by atoms with Crippen molar-refractivity contribution in [3.8, 4) is 0 Å². The zero-order valence-electron chi connectivity index (χ0n) is 7.76. The minimum absolute atomic E-state index is 0.138. The molecule has 14 heavy (non-hydrogen) atoms. The molecule has 0 aliphatic heterocycles. The molecule has 0 amide bonds. The normalized spacial score (nSPS) is 10.5. The molecule has 0 aliphatic carbocycles. The highest BCUT2D eigenvalue weighted by Crippen LogP contribution is 2.15. The fourth-order valence-electron chi connectivity index (χ4n) is 1.16. The first-order valence-electron chi connectivity index (χ1n) is 4.49. The molecule has 0 saturated heterocycles. The third-order valence-electron chi connectivity index (χ3n) is 1.87. The topological polar surface area (TPSA) is 12.0 Å². The largest absolute Gasteiger partial charge is 0.316 e. The first-order chi connectivity index (χ1) is 6.74. The maximum atomic E-state index is 13.2. The average Bonchev–Trinajstić information content (AvgIpc) is 2.18. The SMILES string of the molecule is Fc1ccc(Br)cc1CCNCCS. The first kappa shape index (κ1) is 12.0. The Hall–Kier alpha value is -0.0600. The van der Waals surface area contributed by atoms with Crippen LogP contribution in [0.2, 0.25) is 0 Å². The lowest BCUT2D eigenvalue weighted by Gasteiger charge is -2.04. The van der Waals surface area contributed by atoms with Gasteiger partial charge in [-0.3, -0.25) is 0 Å². The molecule has 0 spiro atoms. The van der Waals surface area contributed by atoms with Gasteiger partial charge in [0.15, 0.2) is 0 Å². The quantitative estimate of drug-likeness (QED) is 0.623. The predicted molar refractivity (Wildman–Crippen MR) is 64.5 cm³/mol. The number of hydrogen-bond acceptors (Lipinski definition) is 2. The van der Waals surface area contributed by atoms with Crippen molar-refractivity contribution in [1.82, 2.24) is 5.32 Å². The number of nitrogens with one attached hydrogen (secondary N) is 1. The minimum Gasteiger partial charge on any atom is -0.316 e. The van der Waals surface area contributed by atoms with Crippen LogP contribution in [-0.4, -0.2) is 18.8 Å². The molecule has 1 aromatic carbocycles. The van der Waals surface area contributed by atoms with Crippen molar-refractivity contribution >= 4 is 28.6 Å². The average molecular weight is 278 g/mol. The lowest BCUT2D eigenvalue weighted by atomic mass is 10.1. The van der Waals surface area contributed by atoms with Gasteiger partial charge < -0.3 is 5.32 Å². The van der Waals surface area contributed by atoms with E-state index in [1.165, 1.54) is 6.07 Å². The second kappa shape index (κ2) is 6.43. The second-order valence-electron chi connectivity index (χ2n) is 2.96. The highest BCUT2D eigenvalue weighted by Gasteiger charge is 2.01. The summed E-state index contributed by atoms with van der Waals surface area (Å²) in [5, 5.41) is 3.17. The minimum atomic E-state index is -0.138. The van der Waals surface area contributed by atoms with E-state index in [9.17, 15) is 4.39 Å². The molecule has 1 N–H and O–H groups in total. The molecule has 0 atom stereocenters. The van der Waals surface area contributed by atoms with Crippen LogP contribution in [0.4, 0.5) is 4.39 Å². The lowest BCUT2D eigenvalue weighted by Crippen LogP contribution is -2.19. The molecule has 0 heterocycles. The third-order valence-corrected chi connectivity index (χ3v) is 2.58. The summed E-state index contributed by atoms with van der Waals surface area (Å²) < 4.78 is 14.1. The van der Waals surface area contributed by atoms with Crippen molar-refractivity contribution in [2.75, 3.05) is 18.8 Å². The Labute approximate surface area is 97.6 Å². The van der Waals surface area contributed by atoms with Crippen LogP contribution < -0.4 is 5.32 Å². The van der Waals surface area contributed by atoms with Gasteiger partial charge in [0.1, 0.15) is 5.82 Å². The van der Waals surface area contributed by atoms with Gasteiger partial charge in [-0.15, -0.1) is 0 Å². The molecule has 1 nitrogen and oxygen atoms in total. The van der Waals surface area contributed by atoms with E-state index in [0.717, 1.165) is 28.9 Å². The van der Waals surface area contributed by atoms with Gasteiger partial charge in [0.25, 0.3) is 0 Å². The van der Waals surface area contributed by atoms with E-state index < -0.39 is 0 Å². The molecular formula is C10H13BrFNS. The third kappa shape index (κ3) is 3.98. The Bertz CT molecular complexity index is 293. The summed E-state index contributed by atoms with van der Waals surface area (Å²) >= 11 is 7.39. The highest BCUT2D eigenvalue weighted by molar-refractivity contribution is 9.10. The standard InChI is InChI=1S/C10H13BrFNS/c11-9-1-2-10(12)8(7-9)3-4-13-5-6-14/h1-2,7,13-14H,3-6H2. The zero-order valence-corrected chi connectivity index (χ0v) is 10.2. The summed E-state index contributed by atoms with van der Waals surface area (Å²) in [5.74, 6) is 0.668. The number of benzene rings is 1. The number of rotatable bonds is 5. The van der Waals surface area contributed by atoms with Crippen LogP contribution in [0.1, 0.15) is 5.56 Å². The van der Waals surface area contributed by atoms with E-state index in [1.807, 2.05) is 6.07 Å². The molecule has 0 aliphatic rings. The molecular weight excluding hydrogens is 265 g/mol. The summed E-state index contributed by atoms with van der Waals surface area (Å²) in [6.07, 6.45) is 0.707. The van der Waals surface area contributed by atoms with E-state index in [-0.39, 0.29) is 5.82 Å². The van der Waals surface area contributed by atoms with Crippen molar-refractivity contribution in [3.05, 3.63) is 34.1 Å². The van der Waals surface area contributed by atoms with E-state index in [4.69, 9.17) is 0 Å². The number of hydrogen-bond donors (Lipinski definition) is 2. The van der Waals surface area contributed by atoms with Crippen LogP contribution in [0.5, 0.6) is 0 Å². The smallest absolute Gasteiger partial charge is 0.126 e. The second-order valence-corrected chi connectivity index (χ2v) is 4.32. The van der Waals surface area contributed by atoms with Crippen molar-refractivity contribution in [1.29, 1.82) is 0 Å². The molecule has 1 rings (SSSR count). The van der Waals surface area contributed by atoms with Crippen LogP contribution >= 0.6 is 28.6 Å². The van der Waals surface area contributed by atoms with Crippen LogP contribution in [0.15, 0.2) is 22.7 Å². The van der Waals surface area contributed by atoms with E-state index >= 15 is 0 Å². The summed E-state index contributed by atoms with van der Waals surface area (Å²) in [7, 11) is 0. The summed E-state index contributed by atoms with van der Waals surface area (Å²) in [6.45, 7) is 1.65. The van der Waals surface area contributed by atoms with Crippen molar-refractivity contribution in [2.45, 2.75) is 6.42 Å². The van der Waals surface area contributed by atoms with Gasteiger partial charge in [-0.25, -0.2) is 4.39 Å². The molecule has 4 heteroatoms. The summed E-state index contributed by atoms with van der Waals surface area (Å²) in [5.41, 5.74) is 0.742. The molecule has 1 aromatic rings. The lowest BCUT2D eigenvalue weighted by molar-refractivity contribution is 0.601. The van der Waals surface area contributed by atoms with Gasteiger partial charge >= 0.3 is 0 Å². The Kier molecular flexibility index (Phi) is 5.52. The van der Waals surface area contributed by atoms with Gasteiger partial charge in [0.05, 0.1) is 0 Å². The van der Waals surface area contributed by atoms with Gasteiger partial charge in [-0.2, -0.15) is 12.6 Å². The van der Waals surface area contributed by atoms with Crippen LogP contribution in [0.25, 0.3) is 0 Å². The van der Waals surface area contributed by atoms with Gasteiger partial charge in [0, 0.05) is 16.8 Å². The van der Waals surface area contributed by atoms with Gasteiger partial charge in [-0.05, 0) is 36.7 Å². The van der Waals surface area contributed by atoms with Crippen LogP contribution in [0, 0.1) is 5.82 Å². The molecule has 0 bridgehead atoms. The van der Waals surface area contributed by atoms with Crippen molar-refractivity contribution in [2.24, 2.45) is 0 Å². The fraction of sp³-hybridized carbons (Fsp3) is 0.400. The molecule has 0 unspecified atom stereocenters. The van der Waals surface area contributed by atoms with Gasteiger partial charge in [0.2, 0.25) is 0 Å². The molecule has 0 fully saturated rings. The molecule has 0 aromatic heterocycles. The van der Waals surface area contributed by atoms with E-state index in [2.05, 4.69) is 33.9 Å². The van der Waals surface area contributed by atoms with Gasteiger partial charge in [-0.1, -0.05) is 15.9 Å². The highest BCUT2D eigenvalue weighted by atomic mass is 79.9. The summed E-state index contributed by atoms with van der Waals surface area (Å²) in [4.78, 5) is 0. The Morgan fingerprint density at radius 1 is 1.36 bits per heavy atom. The zero-order chi connectivity index (χ0) is 10.4. The predicted octanol–water partition coefficient (Wildman–Crippen LogP) is 2.65. The number of halogens is 2. The Balaban J connectivity index is 2.45. The Morgan fingerprint density at radius 3 is 2.86 bits per heavy atom. The monoisotopic (exact) mass is 277 g/mol. The van der Waals surface area contributed by atoms with Crippen LogP contribution in [0.3, 0.4) is 0 Å². The molecule has 0 radical (unpaired) electrons. The first-order valence-corrected chi connectivity index (χ1v) is 5.92. The maximum Gasteiger partial charge on any atom is 0.126 e. The van der Waals surface area contributed by atoms with E-state index in [1.54, 1.807) is 6.07 Å². The fourth-order valence-corrected chi connectivity index (χ4v) is 1.73. The molecule has 0 saturated carbocycles. The number of thiol groups is 1.